The number of amidine groups is 1. The van der Waals surface area contributed by atoms with Crippen LogP contribution in [0.25, 0.3) is 0 Å². The van der Waals surface area contributed by atoms with Crippen molar-refractivity contribution in [1.29, 1.82) is 0 Å². The monoisotopic (exact) mass is 236 g/mol. The molecule has 0 amide bonds. The summed E-state index contributed by atoms with van der Waals surface area (Å²) in [5.41, 5.74) is 8.97. The fourth-order valence-electron chi connectivity index (χ4n) is 1.64. The van der Waals surface area contributed by atoms with Crippen LogP contribution in [0.1, 0.15) is 29.5 Å². The minimum atomic E-state index is 0.241. The van der Waals surface area contributed by atoms with Crippen LogP contribution < -0.4 is 10.5 Å². The van der Waals surface area contributed by atoms with Gasteiger partial charge in [-0.25, -0.2) is 0 Å². The Labute approximate surface area is 102 Å². The molecule has 0 atom stereocenters. The first-order valence-corrected chi connectivity index (χ1v) is 5.71. The summed E-state index contributed by atoms with van der Waals surface area (Å²) in [6, 6.07) is 4.17. The molecule has 0 fully saturated rings. The van der Waals surface area contributed by atoms with Gasteiger partial charge in [-0.15, -0.1) is 0 Å². The minimum Gasteiger partial charge on any atom is -0.493 e. The van der Waals surface area contributed by atoms with Gasteiger partial charge in [0, 0.05) is 6.42 Å². The van der Waals surface area contributed by atoms with Crippen molar-refractivity contribution in [2.45, 2.75) is 33.6 Å². The summed E-state index contributed by atoms with van der Waals surface area (Å²) in [5.74, 6) is 1.16. The zero-order chi connectivity index (χ0) is 12.8. The van der Waals surface area contributed by atoms with E-state index in [0.717, 1.165) is 12.2 Å². The van der Waals surface area contributed by atoms with Crippen LogP contribution >= 0.6 is 0 Å². The first-order chi connectivity index (χ1) is 8.04. The molecule has 0 bridgehead atoms. The molecule has 0 saturated heterocycles. The third kappa shape index (κ3) is 3.98. The van der Waals surface area contributed by atoms with Crippen molar-refractivity contribution in [1.82, 2.24) is 0 Å². The lowest BCUT2D eigenvalue weighted by Crippen LogP contribution is -2.13. The third-order valence-corrected chi connectivity index (χ3v) is 2.73. The van der Waals surface area contributed by atoms with Gasteiger partial charge in [-0.2, -0.15) is 0 Å². The molecule has 1 aromatic rings. The normalized spacial score (nSPS) is 11.6. The number of ether oxygens (including phenoxy) is 1. The summed E-state index contributed by atoms with van der Waals surface area (Å²) >= 11 is 0. The summed E-state index contributed by atoms with van der Waals surface area (Å²) in [7, 11) is 0. The molecule has 3 N–H and O–H groups in total. The van der Waals surface area contributed by atoms with Crippen molar-refractivity contribution >= 4 is 5.84 Å². The van der Waals surface area contributed by atoms with Gasteiger partial charge in [0.25, 0.3) is 0 Å². The van der Waals surface area contributed by atoms with Gasteiger partial charge in [0.2, 0.25) is 0 Å². The van der Waals surface area contributed by atoms with E-state index in [2.05, 4.69) is 25.1 Å². The molecule has 0 heterocycles. The van der Waals surface area contributed by atoms with E-state index in [-0.39, 0.29) is 5.84 Å². The summed E-state index contributed by atoms with van der Waals surface area (Å²) < 4.78 is 5.70. The summed E-state index contributed by atoms with van der Waals surface area (Å²) in [6.07, 6.45) is 1.28. The highest BCUT2D eigenvalue weighted by Crippen LogP contribution is 2.23. The van der Waals surface area contributed by atoms with E-state index in [9.17, 15) is 0 Å². The number of hydrogen-bond donors (Lipinski definition) is 2. The van der Waals surface area contributed by atoms with Crippen LogP contribution in [0.4, 0.5) is 0 Å². The lowest BCUT2D eigenvalue weighted by atomic mass is 10.1. The Kier molecular flexibility index (Phi) is 4.82. The first-order valence-electron chi connectivity index (χ1n) is 5.71. The molecule has 0 aliphatic rings. The molecule has 0 unspecified atom stereocenters. The smallest absolute Gasteiger partial charge is 0.139 e. The van der Waals surface area contributed by atoms with Gasteiger partial charge in [-0.3, -0.25) is 0 Å². The molecule has 1 rings (SSSR count). The van der Waals surface area contributed by atoms with Crippen LogP contribution in [0.15, 0.2) is 17.3 Å². The number of nitrogens with zero attached hydrogens (tertiary/aromatic N) is 1. The molecule has 17 heavy (non-hydrogen) atoms. The highest BCUT2D eigenvalue weighted by molar-refractivity contribution is 5.79. The van der Waals surface area contributed by atoms with Crippen molar-refractivity contribution in [3.63, 3.8) is 0 Å². The fraction of sp³-hybridized carbons (Fsp3) is 0.462. The van der Waals surface area contributed by atoms with E-state index < -0.39 is 0 Å². The van der Waals surface area contributed by atoms with Crippen LogP contribution in [0.2, 0.25) is 0 Å². The molecule has 0 spiro atoms. The first kappa shape index (κ1) is 13.4. The summed E-state index contributed by atoms with van der Waals surface area (Å²) in [5, 5.41) is 11.3. The van der Waals surface area contributed by atoms with Gasteiger partial charge in [0.1, 0.15) is 11.6 Å². The van der Waals surface area contributed by atoms with Gasteiger partial charge in [0.15, 0.2) is 0 Å². The molecule has 0 radical (unpaired) electrons. The van der Waals surface area contributed by atoms with E-state index >= 15 is 0 Å². The second-order valence-electron chi connectivity index (χ2n) is 4.25. The van der Waals surface area contributed by atoms with Crippen molar-refractivity contribution in [2.24, 2.45) is 10.9 Å². The largest absolute Gasteiger partial charge is 0.493 e. The van der Waals surface area contributed by atoms with Gasteiger partial charge < -0.3 is 15.7 Å². The van der Waals surface area contributed by atoms with E-state index in [1.807, 2.05) is 13.0 Å². The van der Waals surface area contributed by atoms with Crippen LogP contribution in [-0.2, 0) is 0 Å². The minimum absolute atomic E-state index is 0.241. The highest BCUT2D eigenvalue weighted by Gasteiger charge is 2.04. The van der Waals surface area contributed by atoms with Gasteiger partial charge in [0.05, 0.1) is 6.61 Å². The Morgan fingerprint density at radius 3 is 2.71 bits per heavy atom. The van der Waals surface area contributed by atoms with Crippen molar-refractivity contribution in [3.05, 3.63) is 28.8 Å². The molecule has 0 aliphatic carbocycles. The van der Waals surface area contributed by atoms with Crippen molar-refractivity contribution < 1.29 is 9.94 Å². The quantitative estimate of drug-likeness (QED) is 0.271. The predicted molar refractivity (Wildman–Crippen MR) is 68.8 cm³/mol. The fourth-order valence-corrected chi connectivity index (χ4v) is 1.64. The van der Waals surface area contributed by atoms with E-state index in [0.29, 0.717) is 13.0 Å². The molecule has 4 heteroatoms. The molecule has 4 nitrogen and oxygen atoms in total. The van der Waals surface area contributed by atoms with Crippen LogP contribution in [-0.4, -0.2) is 17.6 Å². The van der Waals surface area contributed by atoms with Gasteiger partial charge in [-0.1, -0.05) is 11.2 Å². The number of aryl methyl sites for hydroxylation is 2. The van der Waals surface area contributed by atoms with E-state index in [1.54, 1.807) is 0 Å². The maximum absolute atomic E-state index is 8.39. The highest BCUT2D eigenvalue weighted by atomic mass is 16.5. The van der Waals surface area contributed by atoms with E-state index in [1.165, 1.54) is 16.7 Å². The lowest BCUT2D eigenvalue weighted by molar-refractivity contribution is 0.304. The Bertz CT molecular complexity index is 414. The number of nitrogens with two attached hydrogens (primary N) is 1. The summed E-state index contributed by atoms with van der Waals surface area (Å²) in [6.45, 7) is 6.74. The molecule has 0 saturated carbocycles. The Morgan fingerprint density at radius 2 is 2.06 bits per heavy atom. The molecule has 0 aliphatic heterocycles. The maximum Gasteiger partial charge on any atom is 0.139 e. The number of benzene rings is 1. The number of oxime groups is 1. The molecule has 1 aromatic carbocycles. The van der Waals surface area contributed by atoms with Crippen molar-refractivity contribution in [3.8, 4) is 5.75 Å². The number of hydrogen-bond acceptors (Lipinski definition) is 3. The van der Waals surface area contributed by atoms with Crippen LogP contribution in [0.5, 0.6) is 5.75 Å². The Balaban J connectivity index is 2.52. The Morgan fingerprint density at radius 1 is 1.35 bits per heavy atom. The molecule has 0 aromatic heterocycles. The van der Waals surface area contributed by atoms with E-state index in [4.69, 9.17) is 15.7 Å². The lowest BCUT2D eigenvalue weighted by Gasteiger charge is -2.12. The second kappa shape index (κ2) is 6.13. The molecular weight excluding hydrogens is 216 g/mol. The SMILES string of the molecule is Cc1cc(C)c(C)c(OCCC/C(N)=N/O)c1. The van der Waals surface area contributed by atoms with Crippen LogP contribution in [0, 0.1) is 20.8 Å². The standard InChI is InChI=1S/C13H20N2O2/c1-9-7-10(2)11(3)12(8-9)17-6-4-5-13(14)15-16/h7-8,16H,4-6H2,1-3H3,(H2,14,15). The average Bonchev–Trinajstić information content (AvgIpc) is 2.30. The molecular formula is C13H20N2O2. The van der Waals surface area contributed by atoms with Gasteiger partial charge >= 0.3 is 0 Å². The predicted octanol–water partition coefficient (Wildman–Crippen LogP) is 2.52. The second-order valence-corrected chi connectivity index (χ2v) is 4.25. The zero-order valence-corrected chi connectivity index (χ0v) is 10.7. The third-order valence-electron chi connectivity index (χ3n) is 2.73. The average molecular weight is 236 g/mol. The van der Waals surface area contributed by atoms with Crippen molar-refractivity contribution in [2.75, 3.05) is 6.61 Å². The maximum atomic E-state index is 8.39. The zero-order valence-electron chi connectivity index (χ0n) is 10.7. The Hall–Kier alpha value is -1.71. The number of rotatable bonds is 5. The van der Waals surface area contributed by atoms with Gasteiger partial charge in [-0.05, 0) is 49.9 Å². The van der Waals surface area contributed by atoms with Crippen LogP contribution in [0.3, 0.4) is 0 Å². The summed E-state index contributed by atoms with van der Waals surface area (Å²) in [4.78, 5) is 0. The topological polar surface area (TPSA) is 67.8 Å². The molecule has 94 valence electrons.